The van der Waals surface area contributed by atoms with Crippen LogP contribution in [0.25, 0.3) is 0 Å². The number of amides is 1. The van der Waals surface area contributed by atoms with Gasteiger partial charge < -0.3 is 10.6 Å². The zero-order chi connectivity index (χ0) is 14.8. The van der Waals surface area contributed by atoms with Crippen LogP contribution in [0.1, 0.15) is 29.6 Å². The summed E-state index contributed by atoms with van der Waals surface area (Å²) >= 11 is 0. The molecule has 1 aromatic carbocycles. The molecule has 1 aromatic rings. The fourth-order valence-corrected chi connectivity index (χ4v) is 2.01. The number of hydrogen-bond acceptors (Lipinski definition) is 2. The van der Waals surface area contributed by atoms with Crippen molar-refractivity contribution in [2.24, 2.45) is 5.92 Å². The fraction of sp³-hybridized carbons (Fsp3) is 0.500. The topological polar surface area (TPSA) is 46.3 Å². The van der Waals surface area contributed by atoms with Gasteiger partial charge in [0.05, 0.1) is 12.0 Å². The maximum atomic E-state index is 12.4. The van der Waals surface area contributed by atoms with Crippen molar-refractivity contribution in [3.8, 4) is 0 Å². The number of rotatable bonds is 5. The summed E-state index contributed by atoms with van der Waals surface area (Å²) in [5.41, 5.74) is 6.29. The number of alkyl halides is 3. The van der Waals surface area contributed by atoms with E-state index in [4.69, 9.17) is 5.73 Å². The van der Waals surface area contributed by atoms with Gasteiger partial charge in [0.1, 0.15) is 0 Å². The van der Waals surface area contributed by atoms with E-state index in [0.717, 1.165) is 12.8 Å². The molecule has 0 unspecified atom stereocenters. The summed E-state index contributed by atoms with van der Waals surface area (Å²) in [5.74, 6) is -0.0867. The number of carbonyl (C=O) groups is 1. The van der Waals surface area contributed by atoms with Gasteiger partial charge in [0.2, 0.25) is 0 Å². The predicted octanol–water partition coefficient (Wildman–Crippen LogP) is 3.50. The second kappa shape index (κ2) is 7.02. The second-order valence-corrected chi connectivity index (χ2v) is 5.15. The first-order valence-corrected chi connectivity index (χ1v) is 6.57. The minimum absolute atomic E-state index is 0. The summed E-state index contributed by atoms with van der Waals surface area (Å²) in [6.07, 6.45) is -3.30. The minimum atomic E-state index is -4.26. The third-order valence-electron chi connectivity index (χ3n) is 3.32. The number of nitrogens with zero attached hydrogens (tertiary/aromatic N) is 1. The van der Waals surface area contributed by atoms with Gasteiger partial charge >= 0.3 is 6.18 Å². The van der Waals surface area contributed by atoms with E-state index in [2.05, 4.69) is 0 Å². The van der Waals surface area contributed by atoms with Crippen LogP contribution >= 0.6 is 12.4 Å². The van der Waals surface area contributed by atoms with Gasteiger partial charge in [-0.15, -0.1) is 12.4 Å². The Kier molecular flexibility index (Phi) is 5.89. The molecule has 7 heteroatoms. The average Bonchev–Trinajstić information content (AvgIpc) is 3.17. The number of benzene rings is 1. The molecule has 1 aliphatic rings. The summed E-state index contributed by atoms with van der Waals surface area (Å²) in [6, 6.07) is 6.47. The molecule has 0 bridgehead atoms. The predicted molar refractivity (Wildman–Crippen MR) is 77.4 cm³/mol. The van der Waals surface area contributed by atoms with E-state index in [1.54, 1.807) is 24.3 Å². The Bertz CT molecular complexity index is 489. The summed E-state index contributed by atoms with van der Waals surface area (Å²) in [6.45, 7) is 0.0659. The minimum Gasteiger partial charge on any atom is -0.398 e. The van der Waals surface area contributed by atoms with Crippen molar-refractivity contribution in [1.82, 2.24) is 4.90 Å². The summed E-state index contributed by atoms with van der Waals surface area (Å²) < 4.78 is 37.1. The van der Waals surface area contributed by atoms with Gasteiger partial charge in [-0.2, -0.15) is 13.2 Å². The molecule has 0 aliphatic heterocycles. The lowest BCUT2D eigenvalue weighted by Crippen LogP contribution is -2.36. The van der Waals surface area contributed by atoms with Crippen molar-refractivity contribution >= 4 is 24.0 Å². The number of halogens is 4. The van der Waals surface area contributed by atoms with Crippen molar-refractivity contribution in [1.29, 1.82) is 0 Å². The van der Waals surface area contributed by atoms with E-state index in [1.807, 2.05) is 0 Å². The zero-order valence-corrected chi connectivity index (χ0v) is 12.2. The molecule has 1 amide bonds. The lowest BCUT2D eigenvalue weighted by atomic mass is 10.1. The summed E-state index contributed by atoms with van der Waals surface area (Å²) in [5, 5.41) is 0. The van der Waals surface area contributed by atoms with E-state index in [9.17, 15) is 18.0 Å². The Labute approximate surface area is 127 Å². The summed E-state index contributed by atoms with van der Waals surface area (Å²) in [7, 11) is 0. The van der Waals surface area contributed by atoms with Crippen LogP contribution in [0.2, 0.25) is 0 Å². The molecule has 21 heavy (non-hydrogen) atoms. The molecule has 2 rings (SSSR count). The lowest BCUT2D eigenvalue weighted by Gasteiger charge is -2.24. The second-order valence-electron chi connectivity index (χ2n) is 5.15. The van der Waals surface area contributed by atoms with E-state index in [1.165, 1.54) is 4.90 Å². The largest absolute Gasteiger partial charge is 0.398 e. The highest BCUT2D eigenvalue weighted by molar-refractivity contribution is 5.99. The van der Waals surface area contributed by atoms with Crippen LogP contribution < -0.4 is 5.73 Å². The highest BCUT2D eigenvalue weighted by atomic mass is 35.5. The Morgan fingerprint density at radius 2 is 1.90 bits per heavy atom. The Morgan fingerprint density at radius 1 is 1.29 bits per heavy atom. The molecule has 0 radical (unpaired) electrons. The number of nitrogens with two attached hydrogens (primary N) is 1. The van der Waals surface area contributed by atoms with Gasteiger partial charge in [-0.3, -0.25) is 4.79 Å². The normalized spacial score (nSPS) is 14.4. The third-order valence-corrected chi connectivity index (χ3v) is 3.32. The Balaban J connectivity index is 0.00000220. The molecular weight excluding hydrogens is 305 g/mol. The highest BCUT2D eigenvalue weighted by Gasteiger charge is 2.32. The first-order valence-electron chi connectivity index (χ1n) is 6.57. The first kappa shape index (κ1) is 17.6. The smallest absolute Gasteiger partial charge is 0.390 e. The van der Waals surface area contributed by atoms with Crippen LogP contribution in [0.15, 0.2) is 24.3 Å². The van der Waals surface area contributed by atoms with Gasteiger partial charge in [0.15, 0.2) is 0 Å². The standard InChI is InChI=1S/C14H17F3N2O.ClH/c15-14(16,17)7-8-19(9-10-5-6-10)13(20)11-3-1-2-4-12(11)18;/h1-4,10H,5-9,18H2;1H. The van der Waals surface area contributed by atoms with Crippen molar-refractivity contribution < 1.29 is 18.0 Å². The maximum absolute atomic E-state index is 12.4. The number of hydrogen-bond donors (Lipinski definition) is 1. The van der Waals surface area contributed by atoms with Crippen LogP contribution in [0.5, 0.6) is 0 Å². The van der Waals surface area contributed by atoms with Gasteiger partial charge in [-0.1, -0.05) is 12.1 Å². The van der Waals surface area contributed by atoms with Crippen molar-refractivity contribution in [2.45, 2.75) is 25.4 Å². The molecule has 0 aromatic heterocycles. The van der Waals surface area contributed by atoms with Gasteiger partial charge in [-0.25, -0.2) is 0 Å². The zero-order valence-electron chi connectivity index (χ0n) is 11.4. The van der Waals surface area contributed by atoms with E-state index in [0.29, 0.717) is 18.2 Å². The maximum Gasteiger partial charge on any atom is 0.390 e. The highest BCUT2D eigenvalue weighted by Crippen LogP contribution is 2.31. The van der Waals surface area contributed by atoms with Gasteiger partial charge in [0, 0.05) is 18.8 Å². The first-order chi connectivity index (χ1) is 9.37. The molecule has 0 saturated heterocycles. The monoisotopic (exact) mass is 322 g/mol. The number of para-hydroxylation sites is 1. The molecule has 0 spiro atoms. The molecule has 1 fully saturated rings. The van der Waals surface area contributed by atoms with E-state index >= 15 is 0 Å². The van der Waals surface area contributed by atoms with Crippen LogP contribution in [0.3, 0.4) is 0 Å². The fourth-order valence-electron chi connectivity index (χ4n) is 2.01. The number of anilines is 1. The van der Waals surface area contributed by atoms with Gasteiger partial charge in [0.25, 0.3) is 5.91 Å². The number of carbonyl (C=O) groups excluding carboxylic acids is 1. The van der Waals surface area contributed by atoms with Crippen molar-refractivity contribution in [3.63, 3.8) is 0 Å². The van der Waals surface area contributed by atoms with Crippen LogP contribution in [-0.4, -0.2) is 30.1 Å². The van der Waals surface area contributed by atoms with Crippen LogP contribution in [0, 0.1) is 5.92 Å². The Hall–Kier alpha value is -1.43. The van der Waals surface area contributed by atoms with E-state index < -0.39 is 18.5 Å². The molecule has 1 aliphatic carbocycles. The van der Waals surface area contributed by atoms with E-state index in [-0.39, 0.29) is 24.5 Å². The van der Waals surface area contributed by atoms with Crippen LogP contribution in [-0.2, 0) is 0 Å². The number of nitrogen functional groups attached to an aromatic ring is 1. The molecule has 2 N–H and O–H groups in total. The Morgan fingerprint density at radius 3 is 2.43 bits per heavy atom. The molecule has 3 nitrogen and oxygen atoms in total. The quantitative estimate of drug-likeness (QED) is 0.843. The molecule has 0 heterocycles. The lowest BCUT2D eigenvalue weighted by molar-refractivity contribution is -0.136. The average molecular weight is 323 g/mol. The third kappa shape index (κ3) is 5.46. The van der Waals surface area contributed by atoms with Crippen LogP contribution in [0.4, 0.5) is 18.9 Å². The molecular formula is C14H18ClF3N2O. The van der Waals surface area contributed by atoms with Crippen molar-refractivity contribution in [3.05, 3.63) is 29.8 Å². The SMILES string of the molecule is Cl.Nc1ccccc1C(=O)N(CCC(F)(F)F)CC1CC1. The molecule has 118 valence electrons. The van der Waals surface area contributed by atoms with Gasteiger partial charge in [-0.05, 0) is 30.9 Å². The van der Waals surface area contributed by atoms with Crippen molar-refractivity contribution in [2.75, 3.05) is 18.8 Å². The summed E-state index contributed by atoms with van der Waals surface area (Å²) in [4.78, 5) is 13.6. The molecule has 1 saturated carbocycles. The molecule has 0 atom stereocenters.